The molecule has 0 heterocycles. The Morgan fingerprint density at radius 1 is 1.00 bits per heavy atom. The maximum atomic E-state index is 13.6. The van der Waals surface area contributed by atoms with Crippen LogP contribution in [0.1, 0.15) is 59.1 Å². The van der Waals surface area contributed by atoms with Crippen LogP contribution in [0.3, 0.4) is 0 Å². The van der Waals surface area contributed by atoms with Gasteiger partial charge < -0.3 is 10.2 Å². The molecule has 9 heteroatoms. The summed E-state index contributed by atoms with van der Waals surface area (Å²) < 4.78 is 27.4. The third-order valence-corrected chi connectivity index (χ3v) is 7.80. The number of rotatable bonds is 10. The summed E-state index contributed by atoms with van der Waals surface area (Å²) in [5.41, 5.74) is 2.19. The molecule has 0 bridgehead atoms. The average molecular weight is 581 g/mol. The molecule has 0 aliphatic heterocycles. The minimum absolute atomic E-state index is 0.0431. The van der Waals surface area contributed by atoms with Gasteiger partial charge in [0.25, 0.3) is 0 Å². The molecule has 2 atom stereocenters. The van der Waals surface area contributed by atoms with E-state index >= 15 is 0 Å². The average Bonchev–Trinajstić information content (AvgIpc) is 2.80. The zero-order valence-corrected chi connectivity index (χ0v) is 24.6. The summed E-state index contributed by atoms with van der Waals surface area (Å²) in [5.74, 6) is -0.745. The minimum atomic E-state index is -3.76. The Labute approximate surface area is 224 Å². The monoisotopic (exact) mass is 579 g/mol. The van der Waals surface area contributed by atoms with E-state index in [1.54, 1.807) is 19.1 Å². The molecule has 198 valence electrons. The second-order valence-corrected chi connectivity index (χ2v) is 13.0. The van der Waals surface area contributed by atoms with Gasteiger partial charge in [0.15, 0.2) is 0 Å². The summed E-state index contributed by atoms with van der Waals surface area (Å²) in [6.45, 7) is 11.5. The number of sulfonamides is 1. The van der Waals surface area contributed by atoms with Gasteiger partial charge in [-0.15, -0.1) is 0 Å². The predicted molar refractivity (Wildman–Crippen MR) is 149 cm³/mol. The molecule has 2 amide bonds. The first kappa shape index (κ1) is 29.8. The van der Waals surface area contributed by atoms with Crippen LogP contribution >= 0.6 is 15.9 Å². The topological polar surface area (TPSA) is 86.8 Å². The van der Waals surface area contributed by atoms with Crippen LogP contribution in [0.25, 0.3) is 0 Å². The molecule has 2 rings (SSSR count). The van der Waals surface area contributed by atoms with Crippen LogP contribution < -0.4 is 9.62 Å². The Kier molecular flexibility index (Phi) is 10.1. The molecule has 0 saturated heterocycles. The Hall–Kier alpha value is -2.39. The highest BCUT2D eigenvalue weighted by Crippen LogP contribution is 2.26. The van der Waals surface area contributed by atoms with E-state index in [-0.39, 0.29) is 23.9 Å². The van der Waals surface area contributed by atoms with Crippen molar-refractivity contribution >= 4 is 43.5 Å². The van der Waals surface area contributed by atoms with Gasteiger partial charge in [-0.3, -0.25) is 13.9 Å². The van der Waals surface area contributed by atoms with Crippen molar-refractivity contribution < 1.29 is 18.0 Å². The molecule has 1 N–H and O–H groups in total. The molecular weight excluding hydrogens is 542 g/mol. The number of nitrogens with one attached hydrogen (secondary N) is 1. The van der Waals surface area contributed by atoms with Crippen LogP contribution in [-0.4, -0.2) is 50.0 Å². The van der Waals surface area contributed by atoms with Gasteiger partial charge in [-0.2, -0.15) is 0 Å². The van der Waals surface area contributed by atoms with Crippen LogP contribution in [0.4, 0.5) is 5.69 Å². The van der Waals surface area contributed by atoms with Crippen molar-refractivity contribution in [2.45, 2.75) is 72.0 Å². The second kappa shape index (κ2) is 12.2. The summed E-state index contributed by atoms with van der Waals surface area (Å²) >= 11 is 3.41. The molecule has 7 nitrogen and oxygen atoms in total. The van der Waals surface area contributed by atoms with Gasteiger partial charge >= 0.3 is 0 Å². The van der Waals surface area contributed by atoms with E-state index in [9.17, 15) is 18.0 Å². The van der Waals surface area contributed by atoms with Gasteiger partial charge in [-0.1, -0.05) is 67.9 Å². The normalized spacial score (nSPS) is 13.6. The van der Waals surface area contributed by atoms with E-state index in [1.165, 1.54) is 4.90 Å². The lowest BCUT2D eigenvalue weighted by Gasteiger charge is -2.32. The smallest absolute Gasteiger partial charge is 0.244 e. The van der Waals surface area contributed by atoms with Crippen LogP contribution in [0.5, 0.6) is 0 Å². The maximum absolute atomic E-state index is 13.6. The van der Waals surface area contributed by atoms with Crippen molar-refractivity contribution in [1.82, 2.24) is 10.2 Å². The van der Waals surface area contributed by atoms with Crippen molar-refractivity contribution in [3.05, 3.63) is 64.1 Å². The molecule has 2 aromatic carbocycles. The van der Waals surface area contributed by atoms with E-state index in [0.717, 1.165) is 32.6 Å². The number of hydrogen-bond donors (Lipinski definition) is 1. The first-order chi connectivity index (χ1) is 16.6. The first-order valence-electron chi connectivity index (χ1n) is 12.1. The fraction of sp³-hybridized carbons (Fsp3) is 0.481. The largest absolute Gasteiger partial charge is 0.352 e. The summed E-state index contributed by atoms with van der Waals surface area (Å²) in [7, 11) is -3.76. The second-order valence-electron chi connectivity index (χ2n) is 10.2. The zero-order valence-electron chi connectivity index (χ0n) is 22.2. The third-order valence-electron chi connectivity index (χ3n) is 6.14. The van der Waals surface area contributed by atoms with Gasteiger partial charge in [-0.05, 0) is 61.1 Å². The molecule has 0 aromatic heterocycles. The van der Waals surface area contributed by atoms with Gasteiger partial charge in [-0.25, -0.2) is 8.42 Å². The SMILES string of the molecule is CC[C@@H](C)NC(=O)[C@H](C)N(Cc1ccc(Br)cc1)C(=O)CN(c1ccc(C(C)(C)C)cc1)S(C)(=O)=O. The molecule has 0 radical (unpaired) electrons. The molecule has 0 spiro atoms. The van der Waals surface area contributed by atoms with Crippen molar-refractivity contribution in [3.8, 4) is 0 Å². The Morgan fingerprint density at radius 3 is 2.03 bits per heavy atom. The Morgan fingerprint density at radius 2 is 1.56 bits per heavy atom. The van der Waals surface area contributed by atoms with Gasteiger partial charge in [0, 0.05) is 17.1 Å². The number of anilines is 1. The van der Waals surface area contributed by atoms with Crippen LogP contribution in [-0.2, 0) is 31.6 Å². The fourth-order valence-corrected chi connectivity index (χ4v) is 4.69. The number of hydrogen-bond acceptors (Lipinski definition) is 4. The van der Waals surface area contributed by atoms with Gasteiger partial charge in [0.05, 0.1) is 11.9 Å². The van der Waals surface area contributed by atoms with Crippen LogP contribution in [0.2, 0.25) is 0 Å². The van der Waals surface area contributed by atoms with Crippen LogP contribution in [0, 0.1) is 0 Å². The predicted octanol–water partition coefficient (Wildman–Crippen LogP) is 4.84. The molecule has 0 fully saturated rings. The van der Waals surface area contributed by atoms with E-state index in [0.29, 0.717) is 5.69 Å². The highest BCUT2D eigenvalue weighted by molar-refractivity contribution is 9.10. The third kappa shape index (κ3) is 8.34. The number of carbonyl (C=O) groups is 2. The number of halogens is 1. The van der Waals surface area contributed by atoms with Crippen molar-refractivity contribution in [1.29, 1.82) is 0 Å². The highest BCUT2D eigenvalue weighted by Gasteiger charge is 2.30. The summed E-state index contributed by atoms with van der Waals surface area (Å²) in [6, 6.07) is 13.8. The number of amides is 2. The molecule has 36 heavy (non-hydrogen) atoms. The molecule has 0 aliphatic rings. The first-order valence-corrected chi connectivity index (χ1v) is 14.7. The minimum Gasteiger partial charge on any atom is -0.352 e. The lowest BCUT2D eigenvalue weighted by molar-refractivity contribution is -0.139. The van der Waals surface area contributed by atoms with Crippen LogP contribution in [0.15, 0.2) is 53.0 Å². The van der Waals surface area contributed by atoms with E-state index in [1.807, 2.05) is 50.2 Å². The molecular formula is C27H38BrN3O4S. The number of benzene rings is 2. The fourth-order valence-electron chi connectivity index (χ4n) is 3.58. The maximum Gasteiger partial charge on any atom is 0.244 e. The summed E-state index contributed by atoms with van der Waals surface area (Å²) in [6.07, 6.45) is 1.83. The quantitative estimate of drug-likeness (QED) is 0.436. The van der Waals surface area contributed by atoms with E-state index < -0.39 is 28.5 Å². The number of carbonyl (C=O) groups excluding carboxylic acids is 2. The van der Waals surface area contributed by atoms with E-state index in [2.05, 4.69) is 42.0 Å². The van der Waals surface area contributed by atoms with Crippen molar-refractivity contribution in [3.63, 3.8) is 0 Å². The molecule has 2 aromatic rings. The standard InChI is InChI=1S/C27H38BrN3O4S/c1-8-19(2)29-26(33)20(3)30(17-21-9-13-23(28)14-10-21)25(32)18-31(36(7,34)35)24-15-11-22(12-16-24)27(4,5)6/h9-16,19-20H,8,17-18H2,1-7H3,(H,29,33)/t19-,20+/m1/s1. The van der Waals surface area contributed by atoms with E-state index in [4.69, 9.17) is 0 Å². The zero-order chi connectivity index (χ0) is 27.3. The van der Waals surface area contributed by atoms with Gasteiger partial charge in [0.2, 0.25) is 21.8 Å². The number of nitrogens with zero attached hydrogens (tertiary/aromatic N) is 2. The van der Waals surface area contributed by atoms with Crippen molar-refractivity contribution in [2.24, 2.45) is 0 Å². The molecule has 0 saturated carbocycles. The highest BCUT2D eigenvalue weighted by atomic mass is 79.9. The molecule has 0 aliphatic carbocycles. The van der Waals surface area contributed by atoms with Crippen molar-refractivity contribution in [2.75, 3.05) is 17.1 Å². The Balaban J connectivity index is 2.39. The van der Waals surface area contributed by atoms with Gasteiger partial charge in [0.1, 0.15) is 12.6 Å². The Bertz CT molecular complexity index is 1140. The summed E-state index contributed by atoms with van der Waals surface area (Å²) in [4.78, 5) is 28.0. The lowest BCUT2D eigenvalue weighted by Crippen LogP contribution is -2.52. The summed E-state index contributed by atoms with van der Waals surface area (Å²) in [5, 5.41) is 2.92. The lowest BCUT2D eigenvalue weighted by atomic mass is 9.87. The molecule has 0 unspecified atom stereocenters.